The van der Waals surface area contributed by atoms with Gasteiger partial charge in [-0.15, -0.1) is 0 Å². The van der Waals surface area contributed by atoms with Crippen LogP contribution in [0, 0.1) is 13.8 Å². The van der Waals surface area contributed by atoms with Crippen molar-refractivity contribution < 1.29 is 9.32 Å². The Balaban J connectivity index is 1.41. The number of anilines is 1. The maximum Gasteiger partial charge on any atom is 0.319 e. The van der Waals surface area contributed by atoms with E-state index in [0.717, 1.165) is 42.5 Å². The van der Waals surface area contributed by atoms with Crippen LogP contribution in [0.3, 0.4) is 0 Å². The molecule has 1 aromatic carbocycles. The first-order valence-electron chi connectivity index (χ1n) is 9.05. The molecule has 1 saturated carbocycles. The zero-order chi connectivity index (χ0) is 18.1. The standard InChI is InChI=1S/C19H23N5O2/c1-11-17(12(2)26-24-11)23-19(25)20-14-7-5-6-13(10-14)18-21-15-8-3-4-9-16(15)22-18/h3-4,8-9,13-14H,5-7,10H2,1-2H3,(H,21,22)(H2,20,23,25)/t13?,14-/m1/s1. The van der Waals surface area contributed by atoms with Crippen LogP contribution in [-0.2, 0) is 0 Å². The number of nitrogens with zero attached hydrogens (tertiary/aromatic N) is 2. The summed E-state index contributed by atoms with van der Waals surface area (Å²) in [5.74, 6) is 1.96. The second-order valence-electron chi connectivity index (χ2n) is 7.00. The van der Waals surface area contributed by atoms with Gasteiger partial charge in [-0.2, -0.15) is 0 Å². The molecule has 1 unspecified atom stereocenters. The zero-order valence-corrected chi connectivity index (χ0v) is 15.0. The number of aromatic nitrogens is 3. The Morgan fingerprint density at radius 1 is 1.27 bits per heavy atom. The van der Waals surface area contributed by atoms with Crippen molar-refractivity contribution in [3.05, 3.63) is 41.5 Å². The predicted molar refractivity (Wildman–Crippen MR) is 99.2 cm³/mol. The lowest BCUT2D eigenvalue weighted by Crippen LogP contribution is -2.40. The molecule has 0 radical (unpaired) electrons. The Morgan fingerprint density at radius 2 is 2.12 bits per heavy atom. The van der Waals surface area contributed by atoms with Gasteiger partial charge in [-0.05, 0) is 45.2 Å². The minimum Gasteiger partial charge on any atom is -0.359 e. The van der Waals surface area contributed by atoms with Crippen molar-refractivity contribution in [2.24, 2.45) is 0 Å². The monoisotopic (exact) mass is 353 g/mol. The molecule has 7 nitrogen and oxygen atoms in total. The van der Waals surface area contributed by atoms with Crippen LogP contribution in [0.1, 0.15) is 48.9 Å². The number of para-hydroxylation sites is 2. The van der Waals surface area contributed by atoms with E-state index >= 15 is 0 Å². The number of H-pyrrole nitrogens is 1. The molecule has 136 valence electrons. The van der Waals surface area contributed by atoms with Crippen molar-refractivity contribution in [1.82, 2.24) is 20.4 Å². The molecule has 3 N–H and O–H groups in total. The van der Waals surface area contributed by atoms with Crippen LogP contribution in [0.4, 0.5) is 10.5 Å². The number of rotatable bonds is 3. The second kappa shape index (κ2) is 6.82. The fraction of sp³-hybridized carbons (Fsp3) is 0.421. The maximum absolute atomic E-state index is 12.4. The summed E-state index contributed by atoms with van der Waals surface area (Å²) in [5.41, 5.74) is 3.39. The lowest BCUT2D eigenvalue weighted by Gasteiger charge is -2.28. The summed E-state index contributed by atoms with van der Waals surface area (Å²) >= 11 is 0. The number of aryl methyl sites for hydroxylation is 2. The minimum atomic E-state index is -0.213. The highest BCUT2D eigenvalue weighted by Crippen LogP contribution is 2.32. The third-order valence-electron chi connectivity index (χ3n) is 5.08. The lowest BCUT2D eigenvalue weighted by molar-refractivity contribution is 0.241. The van der Waals surface area contributed by atoms with Crippen LogP contribution in [0.15, 0.2) is 28.8 Å². The van der Waals surface area contributed by atoms with Crippen molar-refractivity contribution in [1.29, 1.82) is 0 Å². The Bertz CT molecular complexity index is 877. The van der Waals surface area contributed by atoms with Gasteiger partial charge in [-0.25, -0.2) is 9.78 Å². The molecule has 1 fully saturated rings. The zero-order valence-electron chi connectivity index (χ0n) is 15.0. The number of hydrogen-bond acceptors (Lipinski definition) is 4. The smallest absolute Gasteiger partial charge is 0.319 e. The SMILES string of the molecule is Cc1noc(C)c1NC(=O)N[C@@H]1CCCC(c2nc3ccccc3[nH]2)C1. The fourth-order valence-corrected chi connectivity index (χ4v) is 3.73. The van der Waals surface area contributed by atoms with Gasteiger partial charge in [-0.1, -0.05) is 23.7 Å². The highest BCUT2D eigenvalue weighted by atomic mass is 16.5. The third kappa shape index (κ3) is 3.29. The van der Waals surface area contributed by atoms with Crippen LogP contribution < -0.4 is 10.6 Å². The van der Waals surface area contributed by atoms with E-state index in [-0.39, 0.29) is 12.1 Å². The van der Waals surface area contributed by atoms with E-state index in [1.165, 1.54) is 0 Å². The third-order valence-corrected chi connectivity index (χ3v) is 5.08. The summed E-state index contributed by atoms with van der Waals surface area (Å²) in [7, 11) is 0. The van der Waals surface area contributed by atoms with Crippen LogP contribution in [-0.4, -0.2) is 27.2 Å². The van der Waals surface area contributed by atoms with E-state index in [2.05, 4.69) is 20.8 Å². The quantitative estimate of drug-likeness (QED) is 0.663. The van der Waals surface area contributed by atoms with Crippen LogP contribution in [0.25, 0.3) is 11.0 Å². The topological polar surface area (TPSA) is 95.8 Å². The minimum absolute atomic E-state index is 0.127. The number of benzene rings is 1. The summed E-state index contributed by atoms with van der Waals surface area (Å²) in [5, 5.41) is 9.79. The Hall–Kier alpha value is -2.83. The second-order valence-corrected chi connectivity index (χ2v) is 7.00. The molecule has 3 aromatic rings. The van der Waals surface area contributed by atoms with Gasteiger partial charge in [0.25, 0.3) is 0 Å². The first-order valence-corrected chi connectivity index (χ1v) is 9.05. The molecule has 2 aromatic heterocycles. The van der Waals surface area contributed by atoms with E-state index in [1.807, 2.05) is 31.2 Å². The van der Waals surface area contributed by atoms with Crippen LogP contribution >= 0.6 is 0 Å². The molecule has 4 rings (SSSR count). The highest BCUT2D eigenvalue weighted by molar-refractivity contribution is 5.90. The number of hydrogen-bond donors (Lipinski definition) is 3. The summed E-state index contributed by atoms with van der Waals surface area (Å²) in [6, 6.07) is 7.98. The van der Waals surface area contributed by atoms with Crippen molar-refractivity contribution >= 4 is 22.8 Å². The van der Waals surface area contributed by atoms with Crippen molar-refractivity contribution in [3.8, 4) is 0 Å². The molecular weight excluding hydrogens is 330 g/mol. The average molecular weight is 353 g/mol. The summed E-state index contributed by atoms with van der Waals surface area (Å²) in [4.78, 5) is 20.5. The molecule has 2 atom stereocenters. The lowest BCUT2D eigenvalue weighted by atomic mass is 9.85. The van der Waals surface area contributed by atoms with Gasteiger partial charge in [0.1, 0.15) is 17.2 Å². The van der Waals surface area contributed by atoms with Gasteiger partial charge < -0.3 is 20.1 Å². The summed E-state index contributed by atoms with van der Waals surface area (Å²) < 4.78 is 5.08. The Morgan fingerprint density at radius 3 is 2.88 bits per heavy atom. The molecule has 0 spiro atoms. The molecule has 1 aliphatic carbocycles. The highest BCUT2D eigenvalue weighted by Gasteiger charge is 2.27. The molecular formula is C19H23N5O2. The van der Waals surface area contributed by atoms with Crippen LogP contribution in [0.2, 0.25) is 0 Å². The number of urea groups is 1. The molecule has 0 saturated heterocycles. The maximum atomic E-state index is 12.4. The number of fused-ring (bicyclic) bond motifs is 1. The molecule has 2 amide bonds. The first kappa shape index (κ1) is 16.6. The van der Waals surface area contributed by atoms with Gasteiger partial charge in [0.05, 0.1) is 11.0 Å². The van der Waals surface area contributed by atoms with Gasteiger partial charge in [0, 0.05) is 12.0 Å². The van der Waals surface area contributed by atoms with Gasteiger partial charge in [0.15, 0.2) is 5.76 Å². The Labute approximate surface area is 151 Å². The van der Waals surface area contributed by atoms with E-state index in [0.29, 0.717) is 23.1 Å². The number of amides is 2. The summed E-state index contributed by atoms with van der Waals surface area (Å²) in [6.07, 6.45) is 4.02. The molecule has 2 heterocycles. The number of carbonyl (C=O) groups excluding carboxylic acids is 1. The first-order chi connectivity index (χ1) is 12.6. The van der Waals surface area contributed by atoms with E-state index in [9.17, 15) is 4.79 Å². The van der Waals surface area contributed by atoms with Gasteiger partial charge in [-0.3, -0.25) is 0 Å². The fourth-order valence-electron chi connectivity index (χ4n) is 3.73. The molecule has 0 aliphatic heterocycles. The van der Waals surface area contributed by atoms with Crippen molar-refractivity contribution in [2.75, 3.05) is 5.32 Å². The normalized spacial score (nSPS) is 20.2. The van der Waals surface area contributed by atoms with E-state index in [1.54, 1.807) is 6.92 Å². The predicted octanol–water partition coefficient (Wildman–Crippen LogP) is 4.02. The van der Waals surface area contributed by atoms with Crippen molar-refractivity contribution in [2.45, 2.75) is 51.5 Å². The average Bonchev–Trinajstić information content (AvgIpc) is 3.20. The molecule has 0 bridgehead atoms. The number of nitrogens with one attached hydrogen (secondary N) is 3. The number of imidazole rings is 1. The Kier molecular flexibility index (Phi) is 4.36. The molecule has 1 aliphatic rings. The summed E-state index contributed by atoms with van der Waals surface area (Å²) in [6.45, 7) is 3.60. The number of carbonyl (C=O) groups is 1. The van der Waals surface area contributed by atoms with Gasteiger partial charge in [0.2, 0.25) is 0 Å². The number of aromatic amines is 1. The molecule has 26 heavy (non-hydrogen) atoms. The molecule has 7 heteroatoms. The van der Waals surface area contributed by atoms with Crippen molar-refractivity contribution in [3.63, 3.8) is 0 Å². The van der Waals surface area contributed by atoms with E-state index < -0.39 is 0 Å². The van der Waals surface area contributed by atoms with Crippen LogP contribution in [0.5, 0.6) is 0 Å². The largest absolute Gasteiger partial charge is 0.359 e. The van der Waals surface area contributed by atoms with E-state index in [4.69, 9.17) is 9.51 Å². The van der Waals surface area contributed by atoms with Gasteiger partial charge >= 0.3 is 6.03 Å².